The number of amides is 2. The highest BCUT2D eigenvalue weighted by Crippen LogP contribution is 2.19. The van der Waals surface area contributed by atoms with Crippen molar-refractivity contribution >= 4 is 11.8 Å². The number of hydrogen-bond acceptors (Lipinski definition) is 5. The summed E-state index contributed by atoms with van der Waals surface area (Å²) in [5.74, 6) is -0.156. The normalized spacial score (nSPS) is 19.1. The first-order valence-corrected chi connectivity index (χ1v) is 9.21. The molecular weight excluding hydrogens is 334 g/mol. The van der Waals surface area contributed by atoms with E-state index in [1.807, 2.05) is 31.2 Å². The summed E-state index contributed by atoms with van der Waals surface area (Å²) >= 11 is 0. The van der Waals surface area contributed by atoms with Gasteiger partial charge in [-0.1, -0.05) is 18.2 Å². The van der Waals surface area contributed by atoms with Crippen LogP contribution < -0.4 is 10.1 Å². The number of carbonyl (C=O) groups excluding carboxylic acids is 2. The fourth-order valence-electron chi connectivity index (χ4n) is 3.01. The molecule has 1 aromatic carbocycles. The molecule has 7 nitrogen and oxygen atoms in total. The van der Waals surface area contributed by atoms with E-state index in [9.17, 15) is 14.7 Å². The summed E-state index contributed by atoms with van der Waals surface area (Å²) in [6, 6.07) is 7.90. The topological polar surface area (TPSA) is 82.1 Å². The van der Waals surface area contributed by atoms with Crippen molar-refractivity contribution in [3.63, 3.8) is 0 Å². The summed E-state index contributed by atoms with van der Waals surface area (Å²) in [5.41, 5.74) is 1.04. The first-order chi connectivity index (χ1) is 12.5. The van der Waals surface area contributed by atoms with Gasteiger partial charge in [0.2, 0.25) is 0 Å². The predicted octanol–water partition coefficient (Wildman–Crippen LogP) is 0.158. The molecule has 0 spiro atoms. The van der Waals surface area contributed by atoms with Gasteiger partial charge >= 0.3 is 11.8 Å². The Labute approximate surface area is 153 Å². The molecule has 142 valence electrons. The lowest BCUT2D eigenvalue weighted by atomic mass is 10.2. The van der Waals surface area contributed by atoms with E-state index >= 15 is 0 Å². The maximum absolute atomic E-state index is 12.1. The Bertz CT molecular complexity index is 639. The van der Waals surface area contributed by atoms with Crippen LogP contribution in [0, 0.1) is 6.92 Å². The number of para-hydroxylation sites is 1. The molecule has 1 atom stereocenters. The number of carbonyl (C=O) groups is 2. The van der Waals surface area contributed by atoms with E-state index in [-0.39, 0.29) is 12.6 Å². The number of β-amino-alcohol motifs (C(OH)–C–C–N with tert-alkyl or cyclic N) is 1. The molecule has 1 saturated carbocycles. The van der Waals surface area contributed by atoms with Gasteiger partial charge in [-0.2, -0.15) is 0 Å². The summed E-state index contributed by atoms with van der Waals surface area (Å²) in [5, 5.41) is 12.9. The smallest absolute Gasteiger partial charge is 0.311 e. The number of benzene rings is 1. The van der Waals surface area contributed by atoms with Crippen LogP contribution in [0.15, 0.2) is 24.3 Å². The van der Waals surface area contributed by atoms with Gasteiger partial charge in [0, 0.05) is 38.8 Å². The maximum atomic E-state index is 12.1. The van der Waals surface area contributed by atoms with E-state index in [1.54, 1.807) is 4.90 Å². The molecule has 1 heterocycles. The van der Waals surface area contributed by atoms with E-state index in [0.717, 1.165) is 24.2 Å². The first kappa shape index (κ1) is 18.7. The number of rotatable bonds is 6. The molecule has 0 bridgehead atoms. The van der Waals surface area contributed by atoms with Crippen LogP contribution in [0.3, 0.4) is 0 Å². The molecule has 2 N–H and O–H groups in total. The number of aliphatic hydroxyl groups is 1. The molecule has 26 heavy (non-hydrogen) atoms. The molecule has 2 aliphatic rings. The van der Waals surface area contributed by atoms with Crippen molar-refractivity contribution in [1.29, 1.82) is 0 Å². The Morgan fingerprint density at radius 2 is 1.92 bits per heavy atom. The number of nitrogens with zero attached hydrogens (tertiary/aromatic N) is 2. The Balaban J connectivity index is 1.37. The molecule has 7 heteroatoms. The van der Waals surface area contributed by atoms with Crippen LogP contribution in [0.2, 0.25) is 0 Å². The minimum atomic E-state index is -0.602. The highest BCUT2D eigenvalue weighted by Gasteiger charge is 2.30. The molecule has 2 amide bonds. The Morgan fingerprint density at radius 1 is 1.23 bits per heavy atom. The largest absolute Gasteiger partial charge is 0.491 e. The van der Waals surface area contributed by atoms with Crippen LogP contribution >= 0.6 is 0 Å². The number of aryl methyl sites for hydroxylation is 1. The van der Waals surface area contributed by atoms with Crippen LogP contribution in [0.5, 0.6) is 5.75 Å². The van der Waals surface area contributed by atoms with Gasteiger partial charge in [0.25, 0.3) is 0 Å². The summed E-state index contributed by atoms with van der Waals surface area (Å²) in [6.45, 7) is 4.98. The average molecular weight is 361 g/mol. The third-order valence-electron chi connectivity index (χ3n) is 4.76. The summed E-state index contributed by atoms with van der Waals surface area (Å²) < 4.78 is 5.68. The Morgan fingerprint density at radius 3 is 2.58 bits per heavy atom. The molecular formula is C19H27N3O4. The number of hydrogen-bond donors (Lipinski definition) is 2. The van der Waals surface area contributed by atoms with E-state index < -0.39 is 17.9 Å². The molecule has 1 unspecified atom stereocenters. The monoisotopic (exact) mass is 361 g/mol. The van der Waals surface area contributed by atoms with E-state index in [0.29, 0.717) is 32.7 Å². The lowest BCUT2D eigenvalue weighted by molar-refractivity contribution is -0.147. The molecule has 0 radical (unpaired) electrons. The molecule has 2 fully saturated rings. The summed E-state index contributed by atoms with van der Waals surface area (Å²) in [7, 11) is 0. The van der Waals surface area contributed by atoms with Crippen molar-refractivity contribution in [2.24, 2.45) is 0 Å². The predicted molar refractivity (Wildman–Crippen MR) is 96.9 cm³/mol. The highest BCUT2D eigenvalue weighted by atomic mass is 16.5. The standard InChI is InChI=1S/C19H27N3O4/c1-14-4-2-3-5-17(14)26-13-16(23)12-21-8-10-22(11-9-21)19(25)18(24)20-15-6-7-15/h2-5,15-16,23H,6-13H2,1H3,(H,20,24). The zero-order valence-corrected chi connectivity index (χ0v) is 15.2. The SMILES string of the molecule is Cc1ccccc1OCC(O)CN1CCN(C(=O)C(=O)NC2CC2)CC1. The molecule has 1 aromatic rings. The van der Waals surface area contributed by atoms with Crippen molar-refractivity contribution in [3.8, 4) is 5.75 Å². The van der Waals surface area contributed by atoms with E-state index in [2.05, 4.69) is 10.2 Å². The van der Waals surface area contributed by atoms with Crippen LogP contribution in [0.25, 0.3) is 0 Å². The zero-order valence-electron chi connectivity index (χ0n) is 15.2. The second-order valence-corrected chi connectivity index (χ2v) is 7.07. The van der Waals surface area contributed by atoms with Crippen LogP contribution in [-0.4, -0.2) is 78.2 Å². The third kappa shape index (κ3) is 5.19. The Hall–Kier alpha value is -2.12. The minimum absolute atomic E-state index is 0.191. The fourth-order valence-corrected chi connectivity index (χ4v) is 3.01. The number of ether oxygens (including phenoxy) is 1. The second kappa shape index (κ2) is 8.51. The molecule has 1 aliphatic carbocycles. The van der Waals surface area contributed by atoms with Gasteiger partial charge in [0.1, 0.15) is 18.5 Å². The minimum Gasteiger partial charge on any atom is -0.491 e. The first-order valence-electron chi connectivity index (χ1n) is 9.21. The summed E-state index contributed by atoms with van der Waals surface area (Å²) in [4.78, 5) is 27.6. The van der Waals surface area contributed by atoms with Crippen LogP contribution in [0.1, 0.15) is 18.4 Å². The lowest BCUT2D eigenvalue weighted by Gasteiger charge is -2.35. The zero-order chi connectivity index (χ0) is 18.5. The second-order valence-electron chi connectivity index (χ2n) is 7.07. The summed E-state index contributed by atoms with van der Waals surface area (Å²) in [6.07, 6.45) is 1.33. The van der Waals surface area contributed by atoms with Crippen molar-refractivity contribution in [3.05, 3.63) is 29.8 Å². The van der Waals surface area contributed by atoms with Gasteiger partial charge < -0.3 is 20.1 Å². The highest BCUT2D eigenvalue weighted by molar-refractivity contribution is 6.35. The maximum Gasteiger partial charge on any atom is 0.311 e. The number of nitrogens with one attached hydrogen (secondary N) is 1. The van der Waals surface area contributed by atoms with Crippen LogP contribution in [0.4, 0.5) is 0 Å². The number of aliphatic hydroxyl groups excluding tert-OH is 1. The van der Waals surface area contributed by atoms with Gasteiger partial charge in [0.05, 0.1) is 0 Å². The fraction of sp³-hybridized carbons (Fsp3) is 0.579. The van der Waals surface area contributed by atoms with Crippen molar-refractivity contribution in [2.75, 3.05) is 39.3 Å². The molecule has 3 rings (SSSR count). The van der Waals surface area contributed by atoms with Crippen molar-refractivity contribution in [1.82, 2.24) is 15.1 Å². The van der Waals surface area contributed by atoms with Crippen molar-refractivity contribution in [2.45, 2.75) is 31.9 Å². The third-order valence-corrected chi connectivity index (χ3v) is 4.76. The molecule has 1 aliphatic heterocycles. The van der Waals surface area contributed by atoms with Gasteiger partial charge in [-0.15, -0.1) is 0 Å². The average Bonchev–Trinajstić information content (AvgIpc) is 3.45. The molecule has 0 aromatic heterocycles. The van der Waals surface area contributed by atoms with Gasteiger partial charge in [0.15, 0.2) is 0 Å². The van der Waals surface area contributed by atoms with Gasteiger partial charge in [-0.25, -0.2) is 0 Å². The van der Waals surface area contributed by atoms with Crippen LogP contribution in [-0.2, 0) is 9.59 Å². The Kier molecular flexibility index (Phi) is 6.11. The lowest BCUT2D eigenvalue weighted by Crippen LogP contribution is -2.54. The van der Waals surface area contributed by atoms with E-state index in [1.165, 1.54) is 0 Å². The van der Waals surface area contributed by atoms with Crippen molar-refractivity contribution < 1.29 is 19.4 Å². The van der Waals surface area contributed by atoms with E-state index in [4.69, 9.17) is 4.74 Å². The van der Waals surface area contributed by atoms with Gasteiger partial charge in [-0.05, 0) is 31.4 Å². The molecule has 1 saturated heterocycles. The number of piperazine rings is 1. The van der Waals surface area contributed by atoms with Gasteiger partial charge in [-0.3, -0.25) is 14.5 Å². The quantitative estimate of drug-likeness (QED) is 0.706.